The van der Waals surface area contributed by atoms with Crippen molar-refractivity contribution < 1.29 is 18.9 Å². The normalized spacial score (nSPS) is 17.2. The monoisotopic (exact) mass is 390 g/mol. The van der Waals surface area contributed by atoms with Crippen LogP contribution in [0, 0.1) is 6.92 Å². The van der Waals surface area contributed by atoms with Gasteiger partial charge in [-0.1, -0.05) is 24.4 Å². The summed E-state index contributed by atoms with van der Waals surface area (Å²) in [6.45, 7) is 1.88. The fourth-order valence-electron chi connectivity index (χ4n) is 3.66. The summed E-state index contributed by atoms with van der Waals surface area (Å²) in [5.74, 6) is 0.691. The number of nitrogens with one attached hydrogen (secondary N) is 2. The van der Waals surface area contributed by atoms with Crippen LogP contribution in [0.5, 0.6) is 0 Å². The van der Waals surface area contributed by atoms with Crippen LogP contribution >= 0.6 is 0 Å². The number of aromatic nitrogens is 1. The maximum absolute atomic E-state index is 12.6. The van der Waals surface area contributed by atoms with Crippen LogP contribution in [-0.2, 0) is 14.4 Å². The Morgan fingerprint density at radius 2 is 1.86 bits per heavy atom. The molecule has 0 radical (unpaired) electrons. The molecule has 2 saturated carbocycles. The quantitative estimate of drug-likeness (QED) is 0.674. The fraction of sp³-hybridized carbons (Fsp3) is 0.700. The smallest absolute Gasteiger partial charge is 0.239 e. The van der Waals surface area contributed by atoms with Crippen molar-refractivity contribution in [1.29, 1.82) is 0 Å². The van der Waals surface area contributed by atoms with Crippen molar-refractivity contribution >= 4 is 23.5 Å². The van der Waals surface area contributed by atoms with E-state index in [1.807, 2.05) is 0 Å². The largest absolute Gasteiger partial charge is 0.360 e. The third-order valence-electron chi connectivity index (χ3n) is 5.28. The summed E-state index contributed by atoms with van der Waals surface area (Å²) in [6, 6.07) is 2.07. The molecule has 28 heavy (non-hydrogen) atoms. The number of aryl methyl sites for hydroxylation is 1. The number of anilines is 1. The summed E-state index contributed by atoms with van der Waals surface area (Å²) in [7, 11) is 0. The van der Waals surface area contributed by atoms with Crippen LogP contribution in [0.25, 0.3) is 0 Å². The highest BCUT2D eigenvalue weighted by molar-refractivity contribution is 5.90. The highest BCUT2D eigenvalue weighted by Gasteiger charge is 2.33. The first-order valence-electron chi connectivity index (χ1n) is 10.3. The number of hydrogen-bond acceptors (Lipinski definition) is 5. The molecule has 2 aliphatic rings. The van der Waals surface area contributed by atoms with Crippen molar-refractivity contribution in [1.82, 2.24) is 15.4 Å². The molecule has 1 heterocycles. The Hall–Kier alpha value is -2.38. The summed E-state index contributed by atoms with van der Waals surface area (Å²) in [4.78, 5) is 38.6. The third kappa shape index (κ3) is 6.35. The lowest BCUT2D eigenvalue weighted by Crippen LogP contribution is -2.45. The third-order valence-corrected chi connectivity index (χ3v) is 5.28. The molecule has 0 aromatic carbocycles. The average Bonchev–Trinajstić information content (AvgIpc) is 3.42. The Bertz CT molecular complexity index is 692. The summed E-state index contributed by atoms with van der Waals surface area (Å²) in [6.07, 6.45) is 8.45. The van der Waals surface area contributed by atoms with Crippen molar-refractivity contribution in [3.05, 3.63) is 11.8 Å². The Kier molecular flexibility index (Phi) is 7.06. The molecule has 154 valence electrons. The molecular weight excluding hydrogens is 360 g/mol. The lowest BCUT2D eigenvalue weighted by Gasteiger charge is -2.26. The molecule has 0 unspecified atom stereocenters. The Labute approximate surface area is 165 Å². The SMILES string of the molecule is Cc1cc(NC(=O)CCCC(=O)N(CC(=O)NC2CCCCC2)C2CC2)no1. The van der Waals surface area contributed by atoms with E-state index in [2.05, 4.69) is 15.8 Å². The lowest BCUT2D eigenvalue weighted by atomic mass is 9.95. The van der Waals surface area contributed by atoms with Crippen molar-refractivity contribution in [2.45, 2.75) is 83.2 Å². The van der Waals surface area contributed by atoms with Crippen LogP contribution < -0.4 is 10.6 Å². The number of carbonyl (C=O) groups excluding carboxylic acids is 3. The number of rotatable bonds is 9. The predicted octanol–water partition coefficient (Wildman–Crippen LogP) is 2.53. The Morgan fingerprint density at radius 1 is 1.11 bits per heavy atom. The van der Waals surface area contributed by atoms with Gasteiger partial charge in [0.1, 0.15) is 5.76 Å². The molecule has 1 aromatic heterocycles. The highest BCUT2D eigenvalue weighted by Crippen LogP contribution is 2.27. The summed E-state index contributed by atoms with van der Waals surface area (Å²) in [5.41, 5.74) is 0. The molecule has 0 aliphatic heterocycles. The molecule has 8 heteroatoms. The van der Waals surface area contributed by atoms with Crippen LogP contribution in [0.2, 0.25) is 0 Å². The van der Waals surface area contributed by atoms with Gasteiger partial charge in [0.2, 0.25) is 17.7 Å². The standard InChI is InChI=1S/C20H30N4O4/c1-14-12-17(23-28-14)22-18(25)8-5-9-20(27)24(16-10-11-16)13-19(26)21-15-6-3-2-4-7-15/h12,15-16H,2-11,13H2,1H3,(H,21,26)(H,22,23,25). The second-order valence-electron chi connectivity index (χ2n) is 7.88. The lowest BCUT2D eigenvalue weighted by molar-refractivity contribution is -0.137. The minimum Gasteiger partial charge on any atom is -0.360 e. The zero-order chi connectivity index (χ0) is 19.9. The Morgan fingerprint density at radius 3 is 2.50 bits per heavy atom. The predicted molar refractivity (Wildman–Crippen MR) is 103 cm³/mol. The van der Waals surface area contributed by atoms with Gasteiger partial charge in [-0.3, -0.25) is 14.4 Å². The first kappa shape index (κ1) is 20.4. The van der Waals surface area contributed by atoms with Crippen LogP contribution in [0.4, 0.5) is 5.82 Å². The van der Waals surface area contributed by atoms with E-state index in [1.165, 1.54) is 6.42 Å². The summed E-state index contributed by atoms with van der Waals surface area (Å²) < 4.78 is 4.90. The zero-order valence-corrected chi connectivity index (χ0v) is 16.5. The van der Waals surface area contributed by atoms with Gasteiger partial charge in [0, 0.05) is 31.0 Å². The molecule has 8 nitrogen and oxygen atoms in total. The molecule has 0 saturated heterocycles. The minimum absolute atomic E-state index is 0.0497. The fourth-order valence-corrected chi connectivity index (χ4v) is 3.66. The van der Waals surface area contributed by atoms with Crippen LogP contribution in [-0.4, -0.2) is 46.4 Å². The molecule has 3 amide bonds. The second kappa shape index (κ2) is 9.71. The maximum Gasteiger partial charge on any atom is 0.239 e. The van der Waals surface area contributed by atoms with Gasteiger partial charge in [0.05, 0.1) is 6.54 Å². The average molecular weight is 390 g/mol. The van der Waals surface area contributed by atoms with Crippen LogP contribution in [0.15, 0.2) is 10.6 Å². The van der Waals surface area contributed by atoms with E-state index in [0.717, 1.165) is 38.5 Å². The van der Waals surface area contributed by atoms with E-state index in [0.29, 0.717) is 18.0 Å². The first-order valence-corrected chi connectivity index (χ1v) is 10.3. The Balaban J connectivity index is 1.39. The van der Waals surface area contributed by atoms with Gasteiger partial charge in [-0.05, 0) is 39.0 Å². The number of hydrogen-bond donors (Lipinski definition) is 2. The number of nitrogens with zero attached hydrogens (tertiary/aromatic N) is 2. The summed E-state index contributed by atoms with van der Waals surface area (Å²) >= 11 is 0. The van der Waals surface area contributed by atoms with Crippen molar-refractivity contribution in [2.75, 3.05) is 11.9 Å². The van der Waals surface area contributed by atoms with Crippen molar-refractivity contribution in [3.63, 3.8) is 0 Å². The molecule has 0 spiro atoms. The van der Waals surface area contributed by atoms with Gasteiger partial charge < -0.3 is 20.1 Å². The van der Waals surface area contributed by atoms with Gasteiger partial charge in [0.25, 0.3) is 0 Å². The van der Waals surface area contributed by atoms with Crippen LogP contribution in [0.1, 0.15) is 70.0 Å². The first-order chi connectivity index (χ1) is 13.5. The molecule has 2 N–H and O–H groups in total. The van der Waals surface area contributed by atoms with Gasteiger partial charge >= 0.3 is 0 Å². The van der Waals surface area contributed by atoms with Crippen molar-refractivity contribution in [3.8, 4) is 0 Å². The molecule has 0 atom stereocenters. The molecule has 0 bridgehead atoms. The molecule has 1 aromatic rings. The number of amides is 3. The minimum atomic E-state index is -0.200. The van der Waals surface area contributed by atoms with Crippen molar-refractivity contribution in [2.24, 2.45) is 0 Å². The van der Waals surface area contributed by atoms with Gasteiger partial charge in [-0.15, -0.1) is 0 Å². The zero-order valence-electron chi connectivity index (χ0n) is 16.5. The van der Waals surface area contributed by atoms with E-state index in [-0.39, 0.29) is 49.2 Å². The molecule has 2 fully saturated rings. The van der Waals surface area contributed by atoms with Crippen LogP contribution in [0.3, 0.4) is 0 Å². The van der Waals surface area contributed by atoms with E-state index >= 15 is 0 Å². The molecule has 3 rings (SSSR count). The maximum atomic E-state index is 12.6. The van der Waals surface area contributed by atoms with E-state index < -0.39 is 0 Å². The molecular formula is C20H30N4O4. The van der Waals surface area contributed by atoms with Gasteiger partial charge in [-0.25, -0.2) is 0 Å². The summed E-state index contributed by atoms with van der Waals surface area (Å²) in [5, 5.41) is 9.44. The number of carbonyl (C=O) groups is 3. The van der Waals surface area contributed by atoms with Gasteiger partial charge in [0.15, 0.2) is 5.82 Å². The van der Waals surface area contributed by atoms with E-state index in [9.17, 15) is 14.4 Å². The highest BCUT2D eigenvalue weighted by atomic mass is 16.5. The topological polar surface area (TPSA) is 105 Å². The second-order valence-corrected chi connectivity index (χ2v) is 7.88. The van der Waals surface area contributed by atoms with Gasteiger partial charge in [-0.2, -0.15) is 0 Å². The van der Waals surface area contributed by atoms with E-state index in [1.54, 1.807) is 17.9 Å². The van der Waals surface area contributed by atoms with E-state index in [4.69, 9.17) is 4.52 Å². The molecule has 2 aliphatic carbocycles.